The Balaban J connectivity index is 1.58. The molecule has 0 radical (unpaired) electrons. The number of hydrazine groups is 1. The predicted octanol–water partition coefficient (Wildman–Crippen LogP) is 3.49. The molecular formula is C23H24N2O5. The molecule has 0 unspecified atom stereocenters. The molecule has 3 aromatic rings. The van der Waals surface area contributed by atoms with E-state index in [-0.39, 0.29) is 24.3 Å². The molecule has 2 aromatic carbocycles. The molecule has 0 atom stereocenters. The standard InChI is InChI=1S/C23H24N2O5/c1-14(2)10-21(26)24-25-23(28)17-6-4-16(5-7-17)13-29-18-8-9-19-15(3)11-22(27)30-20(19)12-18/h4-9,11-12,14H,10,13H2,1-3H3,(H,24,26)(H,25,28). The van der Waals surface area contributed by atoms with Gasteiger partial charge in [0.15, 0.2) is 0 Å². The van der Waals surface area contributed by atoms with E-state index in [0.717, 1.165) is 16.5 Å². The van der Waals surface area contributed by atoms with Gasteiger partial charge in [-0.25, -0.2) is 4.79 Å². The number of hydrogen-bond donors (Lipinski definition) is 2. The van der Waals surface area contributed by atoms with Gasteiger partial charge < -0.3 is 9.15 Å². The first kappa shape index (κ1) is 21.1. The summed E-state index contributed by atoms with van der Waals surface area (Å²) in [5.41, 5.74) is 7.02. The summed E-state index contributed by atoms with van der Waals surface area (Å²) < 4.78 is 11.0. The lowest BCUT2D eigenvalue weighted by atomic mass is 10.1. The third kappa shape index (κ3) is 5.47. The predicted molar refractivity (Wildman–Crippen MR) is 113 cm³/mol. The summed E-state index contributed by atoms with van der Waals surface area (Å²) in [5.74, 6) is 0.166. The van der Waals surface area contributed by atoms with Crippen molar-refractivity contribution in [3.05, 3.63) is 75.6 Å². The number of fused-ring (bicyclic) bond motifs is 1. The highest BCUT2D eigenvalue weighted by atomic mass is 16.5. The quantitative estimate of drug-likeness (QED) is 0.481. The number of rotatable bonds is 6. The van der Waals surface area contributed by atoms with Crippen molar-refractivity contribution in [3.8, 4) is 5.75 Å². The maximum absolute atomic E-state index is 12.1. The summed E-state index contributed by atoms with van der Waals surface area (Å²) in [4.78, 5) is 35.3. The fourth-order valence-corrected chi connectivity index (χ4v) is 2.93. The first-order chi connectivity index (χ1) is 14.3. The molecule has 2 amide bonds. The second-order valence-electron chi connectivity index (χ2n) is 7.49. The molecule has 3 rings (SSSR count). The van der Waals surface area contributed by atoms with Crippen molar-refractivity contribution in [2.45, 2.75) is 33.8 Å². The minimum atomic E-state index is -0.397. The van der Waals surface area contributed by atoms with Crippen molar-refractivity contribution in [2.75, 3.05) is 0 Å². The van der Waals surface area contributed by atoms with Crippen LogP contribution in [0.25, 0.3) is 11.0 Å². The maximum Gasteiger partial charge on any atom is 0.336 e. The lowest BCUT2D eigenvalue weighted by Gasteiger charge is -2.10. The number of carbonyl (C=O) groups excluding carboxylic acids is 2. The number of ether oxygens (including phenoxy) is 1. The minimum absolute atomic E-state index is 0.212. The van der Waals surface area contributed by atoms with E-state index < -0.39 is 5.63 Å². The molecule has 1 heterocycles. The summed E-state index contributed by atoms with van der Waals surface area (Å²) >= 11 is 0. The highest BCUT2D eigenvalue weighted by Gasteiger charge is 2.09. The van der Waals surface area contributed by atoms with Crippen LogP contribution in [0, 0.1) is 12.8 Å². The summed E-state index contributed by atoms with van der Waals surface area (Å²) in [6.07, 6.45) is 0.342. The van der Waals surface area contributed by atoms with Gasteiger partial charge in [0.1, 0.15) is 17.9 Å². The third-order valence-electron chi connectivity index (χ3n) is 4.45. The van der Waals surface area contributed by atoms with E-state index in [1.165, 1.54) is 6.07 Å². The van der Waals surface area contributed by atoms with Gasteiger partial charge in [0.05, 0.1) is 0 Å². The Morgan fingerprint density at radius 3 is 2.47 bits per heavy atom. The summed E-state index contributed by atoms with van der Waals surface area (Å²) in [5, 5.41) is 0.859. The Morgan fingerprint density at radius 2 is 1.77 bits per heavy atom. The number of aryl methyl sites for hydroxylation is 1. The van der Waals surface area contributed by atoms with E-state index in [2.05, 4.69) is 10.9 Å². The van der Waals surface area contributed by atoms with Crippen molar-refractivity contribution in [3.63, 3.8) is 0 Å². The smallest absolute Gasteiger partial charge is 0.336 e. The van der Waals surface area contributed by atoms with Crippen LogP contribution in [0.5, 0.6) is 5.75 Å². The average Bonchev–Trinajstić information content (AvgIpc) is 2.70. The molecule has 0 saturated carbocycles. The molecule has 0 saturated heterocycles. The van der Waals surface area contributed by atoms with Gasteiger partial charge in [0.2, 0.25) is 5.91 Å². The van der Waals surface area contributed by atoms with Crippen molar-refractivity contribution >= 4 is 22.8 Å². The molecule has 7 nitrogen and oxygen atoms in total. The van der Waals surface area contributed by atoms with Gasteiger partial charge in [-0.2, -0.15) is 0 Å². The van der Waals surface area contributed by atoms with Crippen LogP contribution in [0.2, 0.25) is 0 Å². The molecule has 7 heteroatoms. The zero-order chi connectivity index (χ0) is 21.7. The van der Waals surface area contributed by atoms with E-state index in [9.17, 15) is 14.4 Å². The van der Waals surface area contributed by atoms with Crippen LogP contribution < -0.4 is 21.2 Å². The Morgan fingerprint density at radius 1 is 1.03 bits per heavy atom. The van der Waals surface area contributed by atoms with Crippen LogP contribution >= 0.6 is 0 Å². The topological polar surface area (TPSA) is 97.6 Å². The van der Waals surface area contributed by atoms with Crippen molar-refractivity contribution in [1.82, 2.24) is 10.9 Å². The van der Waals surface area contributed by atoms with Gasteiger partial charge in [-0.3, -0.25) is 20.4 Å². The Bertz CT molecular complexity index is 1120. The average molecular weight is 408 g/mol. The highest BCUT2D eigenvalue weighted by molar-refractivity contribution is 5.95. The zero-order valence-electron chi connectivity index (χ0n) is 17.2. The number of carbonyl (C=O) groups is 2. The molecular weight excluding hydrogens is 384 g/mol. The number of amides is 2. The van der Waals surface area contributed by atoms with Crippen molar-refractivity contribution < 1.29 is 18.7 Å². The number of hydrogen-bond acceptors (Lipinski definition) is 5. The normalized spacial score (nSPS) is 10.8. The molecule has 1 aromatic heterocycles. The fraction of sp³-hybridized carbons (Fsp3) is 0.261. The second kappa shape index (κ2) is 9.26. The summed E-state index contributed by atoms with van der Waals surface area (Å²) in [7, 11) is 0. The Labute approximate surface area is 174 Å². The fourth-order valence-electron chi connectivity index (χ4n) is 2.93. The number of nitrogens with one attached hydrogen (secondary N) is 2. The molecule has 0 fully saturated rings. The van der Waals surface area contributed by atoms with Gasteiger partial charge in [0.25, 0.3) is 5.91 Å². The van der Waals surface area contributed by atoms with Gasteiger partial charge in [-0.1, -0.05) is 26.0 Å². The molecule has 0 aliphatic carbocycles. The van der Waals surface area contributed by atoms with Crippen LogP contribution in [-0.4, -0.2) is 11.8 Å². The third-order valence-corrected chi connectivity index (χ3v) is 4.45. The molecule has 0 bridgehead atoms. The van der Waals surface area contributed by atoms with Crippen LogP contribution in [-0.2, 0) is 11.4 Å². The largest absolute Gasteiger partial charge is 0.489 e. The summed E-state index contributed by atoms with van der Waals surface area (Å²) in [6.45, 7) is 6.00. The molecule has 0 aliphatic rings. The van der Waals surface area contributed by atoms with E-state index in [0.29, 0.717) is 23.3 Å². The van der Waals surface area contributed by atoms with Gasteiger partial charge in [0, 0.05) is 29.5 Å². The van der Waals surface area contributed by atoms with Crippen molar-refractivity contribution in [2.24, 2.45) is 5.92 Å². The maximum atomic E-state index is 12.1. The molecule has 2 N–H and O–H groups in total. The van der Waals surface area contributed by atoms with E-state index in [1.807, 2.05) is 32.9 Å². The van der Waals surface area contributed by atoms with E-state index in [1.54, 1.807) is 30.3 Å². The molecule has 30 heavy (non-hydrogen) atoms. The van der Waals surface area contributed by atoms with Crippen LogP contribution in [0.1, 0.15) is 41.8 Å². The Hall–Kier alpha value is -3.61. The lowest BCUT2D eigenvalue weighted by molar-refractivity contribution is -0.122. The molecule has 0 spiro atoms. The van der Waals surface area contributed by atoms with E-state index in [4.69, 9.17) is 9.15 Å². The monoisotopic (exact) mass is 408 g/mol. The van der Waals surface area contributed by atoms with Gasteiger partial charge in [-0.15, -0.1) is 0 Å². The zero-order valence-corrected chi connectivity index (χ0v) is 17.2. The minimum Gasteiger partial charge on any atom is -0.489 e. The SMILES string of the molecule is Cc1cc(=O)oc2cc(OCc3ccc(C(=O)NNC(=O)CC(C)C)cc3)ccc12. The first-order valence-corrected chi connectivity index (χ1v) is 9.67. The van der Waals surface area contributed by atoms with Crippen LogP contribution in [0.4, 0.5) is 0 Å². The van der Waals surface area contributed by atoms with Gasteiger partial charge >= 0.3 is 5.63 Å². The summed E-state index contributed by atoms with van der Waals surface area (Å²) in [6, 6.07) is 13.7. The van der Waals surface area contributed by atoms with E-state index >= 15 is 0 Å². The second-order valence-corrected chi connectivity index (χ2v) is 7.49. The first-order valence-electron chi connectivity index (χ1n) is 9.67. The highest BCUT2D eigenvalue weighted by Crippen LogP contribution is 2.23. The molecule has 0 aliphatic heterocycles. The Kier molecular flexibility index (Phi) is 6.51. The van der Waals surface area contributed by atoms with Gasteiger partial charge in [-0.05, 0) is 48.2 Å². The van der Waals surface area contributed by atoms with Crippen molar-refractivity contribution in [1.29, 1.82) is 0 Å². The van der Waals surface area contributed by atoms with Crippen LogP contribution in [0.15, 0.2) is 57.7 Å². The van der Waals surface area contributed by atoms with Crippen LogP contribution in [0.3, 0.4) is 0 Å². The number of benzene rings is 2. The lowest BCUT2D eigenvalue weighted by Crippen LogP contribution is -2.42. The molecule has 156 valence electrons.